The lowest BCUT2D eigenvalue weighted by atomic mass is 10.0. The van der Waals surface area contributed by atoms with E-state index in [2.05, 4.69) is 36.4 Å². The van der Waals surface area contributed by atoms with E-state index in [-0.39, 0.29) is 17.7 Å². The summed E-state index contributed by atoms with van der Waals surface area (Å²) in [6, 6.07) is 16.9. The van der Waals surface area contributed by atoms with Crippen molar-refractivity contribution in [2.45, 2.75) is 33.1 Å². The van der Waals surface area contributed by atoms with Crippen LogP contribution in [0.1, 0.15) is 58.5 Å². The van der Waals surface area contributed by atoms with Gasteiger partial charge in [-0.05, 0) is 47.7 Å². The van der Waals surface area contributed by atoms with Crippen LogP contribution in [0.5, 0.6) is 0 Å². The molecule has 0 fully saturated rings. The van der Waals surface area contributed by atoms with Crippen LogP contribution in [0.15, 0.2) is 67.0 Å². The summed E-state index contributed by atoms with van der Waals surface area (Å²) in [7, 11) is 0. The number of benzene rings is 2. The molecular weight excluding hydrogens is 362 g/mol. The van der Waals surface area contributed by atoms with Crippen LogP contribution >= 0.6 is 0 Å². The first-order valence-corrected chi connectivity index (χ1v) is 9.73. The van der Waals surface area contributed by atoms with Crippen molar-refractivity contribution in [3.63, 3.8) is 0 Å². The summed E-state index contributed by atoms with van der Waals surface area (Å²) in [5.74, 6) is -0.327. The molecule has 0 aliphatic heterocycles. The highest BCUT2D eigenvalue weighted by Crippen LogP contribution is 2.24. The lowest BCUT2D eigenvalue weighted by molar-refractivity contribution is 0.102. The van der Waals surface area contributed by atoms with E-state index in [1.54, 1.807) is 6.07 Å². The number of hydrogen-bond donors (Lipinski definition) is 2. The minimum atomic E-state index is -0.307. The smallest absolute Gasteiger partial charge is 0.257 e. The van der Waals surface area contributed by atoms with E-state index in [0.717, 1.165) is 17.7 Å². The van der Waals surface area contributed by atoms with Crippen LogP contribution in [0.3, 0.4) is 0 Å². The lowest BCUT2D eigenvalue weighted by Crippen LogP contribution is -2.17. The second-order valence-electron chi connectivity index (χ2n) is 7.16. The van der Waals surface area contributed by atoms with Gasteiger partial charge < -0.3 is 10.6 Å². The Morgan fingerprint density at radius 1 is 0.897 bits per heavy atom. The van der Waals surface area contributed by atoms with Gasteiger partial charge >= 0.3 is 0 Å². The summed E-state index contributed by atoms with van der Waals surface area (Å²) in [6.45, 7) is 6.23. The molecule has 0 saturated heterocycles. The number of aromatic nitrogens is 1. The van der Waals surface area contributed by atoms with Gasteiger partial charge in [0.2, 0.25) is 0 Å². The van der Waals surface area contributed by atoms with Crippen molar-refractivity contribution >= 4 is 23.2 Å². The van der Waals surface area contributed by atoms with Gasteiger partial charge in [-0.3, -0.25) is 14.6 Å². The van der Waals surface area contributed by atoms with Crippen LogP contribution in [-0.2, 0) is 6.42 Å². The molecule has 0 aliphatic rings. The van der Waals surface area contributed by atoms with Crippen LogP contribution in [0.25, 0.3) is 0 Å². The Morgan fingerprint density at radius 2 is 1.52 bits per heavy atom. The van der Waals surface area contributed by atoms with Crippen molar-refractivity contribution in [3.05, 3.63) is 89.2 Å². The molecule has 0 atom stereocenters. The molecule has 1 aromatic heterocycles. The maximum Gasteiger partial charge on any atom is 0.257 e. The molecule has 3 rings (SSSR count). The lowest BCUT2D eigenvalue weighted by Gasteiger charge is -2.13. The molecular formula is C24H25N3O2. The number of para-hydroxylation sites is 1. The first-order valence-electron chi connectivity index (χ1n) is 9.73. The Balaban J connectivity index is 1.74. The van der Waals surface area contributed by atoms with Gasteiger partial charge in [-0.2, -0.15) is 0 Å². The maximum absolute atomic E-state index is 12.7. The predicted molar refractivity (Wildman–Crippen MR) is 116 cm³/mol. The third kappa shape index (κ3) is 5.08. The number of pyridine rings is 1. The first kappa shape index (κ1) is 20.3. The number of aryl methyl sites for hydroxylation is 1. The minimum Gasteiger partial charge on any atom is -0.322 e. The van der Waals surface area contributed by atoms with Crippen LogP contribution < -0.4 is 10.6 Å². The second kappa shape index (κ2) is 9.15. The molecule has 0 saturated carbocycles. The fourth-order valence-corrected chi connectivity index (χ4v) is 3.02. The Labute approximate surface area is 171 Å². The molecule has 0 spiro atoms. The topological polar surface area (TPSA) is 71.1 Å². The first-order chi connectivity index (χ1) is 14.0. The molecule has 0 unspecified atom stereocenters. The van der Waals surface area contributed by atoms with E-state index in [1.165, 1.54) is 18.0 Å². The van der Waals surface area contributed by atoms with Crippen LogP contribution in [0.4, 0.5) is 11.4 Å². The average Bonchev–Trinajstić information content (AvgIpc) is 2.74. The summed E-state index contributed by atoms with van der Waals surface area (Å²) >= 11 is 0. The van der Waals surface area contributed by atoms with E-state index in [1.807, 2.05) is 48.5 Å². The van der Waals surface area contributed by atoms with Crippen molar-refractivity contribution in [1.29, 1.82) is 0 Å². The Morgan fingerprint density at radius 3 is 2.14 bits per heavy atom. The van der Waals surface area contributed by atoms with Gasteiger partial charge in [-0.25, -0.2) is 0 Å². The molecule has 0 radical (unpaired) electrons. The van der Waals surface area contributed by atoms with Crippen molar-refractivity contribution in [1.82, 2.24) is 4.98 Å². The number of rotatable bonds is 6. The van der Waals surface area contributed by atoms with Gasteiger partial charge in [0, 0.05) is 23.8 Å². The summed E-state index contributed by atoms with van der Waals surface area (Å²) < 4.78 is 0. The third-order valence-electron chi connectivity index (χ3n) is 4.71. The van der Waals surface area contributed by atoms with Crippen LogP contribution in [0, 0.1) is 0 Å². The van der Waals surface area contributed by atoms with E-state index in [9.17, 15) is 9.59 Å². The molecule has 0 bridgehead atoms. The largest absolute Gasteiger partial charge is 0.322 e. The van der Waals surface area contributed by atoms with Gasteiger partial charge in [0.1, 0.15) is 0 Å². The third-order valence-corrected chi connectivity index (χ3v) is 4.71. The molecule has 2 N–H and O–H groups in total. The van der Waals surface area contributed by atoms with Gasteiger partial charge in [0.25, 0.3) is 11.8 Å². The van der Waals surface area contributed by atoms with Crippen LogP contribution in [0.2, 0.25) is 0 Å². The Kier molecular flexibility index (Phi) is 6.39. The van der Waals surface area contributed by atoms with Crippen molar-refractivity contribution in [2.24, 2.45) is 0 Å². The monoisotopic (exact) mass is 387 g/mol. The summed E-state index contributed by atoms with van der Waals surface area (Å²) in [5, 5.41) is 5.76. The molecule has 5 heteroatoms. The van der Waals surface area contributed by atoms with Crippen LogP contribution in [-0.4, -0.2) is 16.8 Å². The zero-order valence-corrected chi connectivity index (χ0v) is 16.9. The average molecular weight is 387 g/mol. The fourth-order valence-electron chi connectivity index (χ4n) is 3.02. The molecule has 148 valence electrons. The zero-order valence-electron chi connectivity index (χ0n) is 16.9. The zero-order chi connectivity index (χ0) is 20.8. The number of carbonyl (C=O) groups excluding carboxylic acids is 2. The summed E-state index contributed by atoms with van der Waals surface area (Å²) in [4.78, 5) is 29.3. The highest BCUT2D eigenvalue weighted by molar-refractivity contribution is 6.08. The number of hydrogen-bond acceptors (Lipinski definition) is 3. The number of nitrogens with one attached hydrogen (secondary N) is 2. The standard InChI is InChI=1S/C24H25N3O2/c1-4-17-9-11-20(12-10-17)26-23(28)18-13-19(15-25-14-18)24(29)27-22-8-6-5-7-21(22)16(2)3/h5-16H,4H2,1-3H3,(H,26,28)(H,27,29). The van der Waals surface area contributed by atoms with E-state index >= 15 is 0 Å². The van der Waals surface area contributed by atoms with E-state index < -0.39 is 0 Å². The number of nitrogens with zero attached hydrogens (tertiary/aromatic N) is 1. The fraction of sp³-hybridized carbons (Fsp3) is 0.208. The number of carbonyl (C=O) groups is 2. The number of amides is 2. The SMILES string of the molecule is CCc1ccc(NC(=O)c2cncc(C(=O)Nc3ccccc3C(C)C)c2)cc1. The predicted octanol–water partition coefficient (Wildman–Crippen LogP) is 5.27. The molecule has 1 heterocycles. The van der Waals surface area contributed by atoms with Crippen molar-refractivity contribution < 1.29 is 9.59 Å². The Hall–Kier alpha value is -3.47. The Bertz CT molecular complexity index is 1010. The van der Waals surface area contributed by atoms with E-state index in [0.29, 0.717) is 16.8 Å². The molecule has 2 aromatic carbocycles. The van der Waals surface area contributed by atoms with Gasteiger partial charge in [-0.15, -0.1) is 0 Å². The van der Waals surface area contributed by atoms with Crippen molar-refractivity contribution in [2.75, 3.05) is 10.6 Å². The summed E-state index contributed by atoms with van der Waals surface area (Å²) in [6.07, 6.45) is 3.85. The summed E-state index contributed by atoms with van der Waals surface area (Å²) in [5.41, 5.74) is 4.38. The van der Waals surface area contributed by atoms with Gasteiger partial charge in [0.05, 0.1) is 11.1 Å². The highest BCUT2D eigenvalue weighted by atomic mass is 16.2. The molecule has 2 amide bonds. The molecule has 5 nitrogen and oxygen atoms in total. The number of anilines is 2. The quantitative estimate of drug-likeness (QED) is 0.605. The van der Waals surface area contributed by atoms with Crippen molar-refractivity contribution in [3.8, 4) is 0 Å². The van der Waals surface area contributed by atoms with E-state index in [4.69, 9.17) is 0 Å². The van der Waals surface area contributed by atoms with Gasteiger partial charge in [-0.1, -0.05) is 51.1 Å². The molecule has 3 aromatic rings. The maximum atomic E-state index is 12.7. The molecule has 29 heavy (non-hydrogen) atoms. The minimum absolute atomic E-state index is 0.279. The molecule has 0 aliphatic carbocycles. The second-order valence-corrected chi connectivity index (χ2v) is 7.16. The highest BCUT2D eigenvalue weighted by Gasteiger charge is 2.14. The van der Waals surface area contributed by atoms with Gasteiger partial charge in [0.15, 0.2) is 0 Å². The normalized spacial score (nSPS) is 10.6.